The van der Waals surface area contributed by atoms with E-state index in [-0.39, 0.29) is 11.9 Å². The molecule has 1 amide bonds. The largest absolute Gasteiger partial charge is 0.373 e. The summed E-state index contributed by atoms with van der Waals surface area (Å²) >= 11 is 0. The number of para-hydroxylation sites is 1. The van der Waals surface area contributed by atoms with Gasteiger partial charge in [0.2, 0.25) is 5.91 Å². The maximum atomic E-state index is 12.3. The maximum absolute atomic E-state index is 12.3. The minimum atomic E-state index is -0.299. The van der Waals surface area contributed by atoms with Crippen LogP contribution in [0.1, 0.15) is 31.7 Å². The third-order valence-electron chi connectivity index (χ3n) is 3.46. The number of hydrogen-bond acceptors (Lipinski definition) is 3. The SMILES string of the molecule is CC(Nc1ccccc1C#N)C(=O)N1CCCCC1. The summed E-state index contributed by atoms with van der Waals surface area (Å²) in [6.07, 6.45) is 3.39. The van der Waals surface area contributed by atoms with Crippen molar-refractivity contribution in [3.8, 4) is 6.07 Å². The topological polar surface area (TPSA) is 56.1 Å². The molecule has 4 nitrogen and oxygen atoms in total. The summed E-state index contributed by atoms with van der Waals surface area (Å²) in [4.78, 5) is 14.2. The number of carbonyl (C=O) groups excluding carboxylic acids is 1. The number of amides is 1. The van der Waals surface area contributed by atoms with Crippen molar-refractivity contribution in [1.29, 1.82) is 5.26 Å². The molecule has 0 spiro atoms. The highest BCUT2D eigenvalue weighted by molar-refractivity contribution is 5.84. The zero-order valence-corrected chi connectivity index (χ0v) is 11.2. The number of piperidine rings is 1. The molecule has 2 rings (SSSR count). The van der Waals surface area contributed by atoms with Crippen molar-refractivity contribution >= 4 is 11.6 Å². The van der Waals surface area contributed by atoms with Crippen molar-refractivity contribution in [3.63, 3.8) is 0 Å². The Kier molecular flexibility index (Phi) is 4.40. The van der Waals surface area contributed by atoms with E-state index in [1.165, 1.54) is 6.42 Å². The van der Waals surface area contributed by atoms with E-state index in [4.69, 9.17) is 5.26 Å². The van der Waals surface area contributed by atoms with E-state index < -0.39 is 0 Å². The average Bonchev–Trinajstić information content (AvgIpc) is 2.48. The van der Waals surface area contributed by atoms with E-state index in [2.05, 4.69) is 11.4 Å². The lowest BCUT2D eigenvalue weighted by Crippen LogP contribution is -2.43. The van der Waals surface area contributed by atoms with Gasteiger partial charge in [-0.2, -0.15) is 5.26 Å². The van der Waals surface area contributed by atoms with Crippen LogP contribution in [0.2, 0.25) is 0 Å². The number of nitrogens with zero attached hydrogens (tertiary/aromatic N) is 2. The summed E-state index contributed by atoms with van der Waals surface area (Å²) in [6.45, 7) is 3.56. The minimum absolute atomic E-state index is 0.118. The summed E-state index contributed by atoms with van der Waals surface area (Å²) < 4.78 is 0. The van der Waals surface area contributed by atoms with Gasteiger partial charge in [0.25, 0.3) is 0 Å². The van der Waals surface area contributed by atoms with Crippen LogP contribution in [0, 0.1) is 11.3 Å². The molecule has 0 saturated carbocycles. The number of nitrogens with one attached hydrogen (secondary N) is 1. The second kappa shape index (κ2) is 6.24. The van der Waals surface area contributed by atoms with Crippen molar-refractivity contribution in [2.45, 2.75) is 32.2 Å². The predicted molar refractivity (Wildman–Crippen MR) is 74.7 cm³/mol. The van der Waals surface area contributed by atoms with Gasteiger partial charge in [-0.3, -0.25) is 4.79 Å². The molecule has 1 N–H and O–H groups in total. The van der Waals surface area contributed by atoms with Gasteiger partial charge in [-0.05, 0) is 38.3 Å². The van der Waals surface area contributed by atoms with Gasteiger partial charge in [0, 0.05) is 13.1 Å². The standard InChI is InChI=1S/C15H19N3O/c1-12(15(19)18-9-5-2-6-10-18)17-14-8-4-3-7-13(14)11-16/h3-4,7-8,12,17H,2,5-6,9-10H2,1H3. The van der Waals surface area contributed by atoms with Crippen LogP contribution in [-0.4, -0.2) is 29.9 Å². The van der Waals surface area contributed by atoms with Gasteiger partial charge in [0.05, 0.1) is 11.3 Å². The number of benzene rings is 1. The molecular weight excluding hydrogens is 238 g/mol. The van der Waals surface area contributed by atoms with Crippen LogP contribution in [0.15, 0.2) is 24.3 Å². The third-order valence-corrected chi connectivity index (χ3v) is 3.46. The van der Waals surface area contributed by atoms with Crippen molar-refractivity contribution in [2.24, 2.45) is 0 Å². The molecule has 0 aromatic heterocycles. The molecule has 1 aromatic carbocycles. The highest BCUT2D eigenvalue weighted by Crippen LogP contribution is 2.16. The fourth-order valence-corrected chi connectivity index (χ4v) is 2.39. The zero-order valence-electron chi connectivity index (χ0n) is 11.2. The smallest absolute Gasteiger partial charge is 0.244 e. The Morgan fingerprint density at radius 1 is 1.32 bits per heavy atom. The summed E-state index contributed by atoms with van der Waals surface area (Å²) in [7, 11) is 0. The Morgan fingerprint density at radius 2 is 2.00 bits per heavy atom. The molecule has 1 unspecified atom stereocenters. The molecule has 1 aromatic rings. The number of carbonyl (C=O) groups is 1. The van der Waals surface area contributed by atoms with E-state index in [1.807, 2.05) is 30.0 Å². The summed E-state index contributed by atoms with van der Waals surface area (Å²) in [6, 6.07) is 9.10. The first kappa shape index (κ1) is 13.4. The van der Waals surface area contributed by atoms with Crippen LogP contribution in [0.5, 0.6) is 0 Å². The van der Waals surface area contributed by atoms with Gasteiger partial charge < -0.3 is 10.2 Å². The van der Waals surface area contributed by atoms with E-state index in [0.29, 0.717) is 5.56 Å². The van der Waals surface area contributed by atoms with Gasteiger partial charge in [-0.1, -0.05) is 12.1 Å². The van der Waals surface area contributed by atoms with Crippen LogP contribution in [-0.2, 0) is 4.79 Å². The highest BCUT2D eigenvalue weighted by Gasteiger charge is 2.22. The molecule has 100 valence electrons. The van der Waals surface area contributed by atoms with Crippen LogP contribution < -0.4 is 5.32 Å². The quantitative estimate of drug-likeness (QED) is 0.904. The Morgan fingerprint density at radius 3 is 2.68 bits per heavy atom. The first-order valence-electron chi connectivity index (χ1n) is 6.77. The lowest BCUT2D eigenvalue weighted by Gasteiger charge is -2.29. The molecule has 1 fully saturated rings. The van der Waals surface area contributed by atoms with Crippen molar-refractivity contribution in [3.05, 3.63) is 29.8 Å². The molecule has 1 atom stereocenters. The van der Waals surface area contributed by atoms with Crippen molar-refractivity contribution in [1.82, 2.24) is 4.90 Å². The molecule has 0 radical (unpaired) electrons. The van der Waals surface area contributed by atoms with E-state index in [0.717, 1.165) is 31.6 Å². The Balaban J connectivity index is 2.02. The molecule has 1 aliphatic heterocycles. The van der Waals surface area contributed by atoms with E-state index >= 15 is 0 Å². The van der Waals surface area contributed by atoms with Gasteiger partial charge in [-0.15, -0.1) is 0 Å². The Hall–Kier alpha value is -2.02. The van der Waals surface area contributed by atoms with Crippen molar-refractivity contribution < 1.29 is 4.79 Å². The predicted octanol–water partition coefficient (Wildman–Crippen LogP) is 2.37. The zero-order chi connectivity index (χ0) is 13.7. The fraction of sp³-hybridized carbons (Fsp3) is 0.467. The molecule has 1 aliphatic rings. The summed E-state index contributed by atoms with van der Waals surface area (Å²) in [5, 5.41) is 12.2. The number of likely N-dealkylation sites (tertiary alicyclic amines) is 1. The van der Waals surface area contributed by atoms with Crippen molar-refractivity contribution in [2.75, 3.05) is 18.4 Å². The molecular formula is C15H19N3O. The summed E-state index contributed by atoms with van der Waals surface area (Å²) in [5.74, 6) is 0.118. The maximum Gasteiger partial charge on any atom is 0.244 e. The van der Waals surface area contributed by atoms with E-state index in [9.17, 15) is 4.79 Å². The summed E-state index contributed by atoms with van der Waals surface area (Å²) in [5.41, 5.74) is 1.30. The average molecular weight is 257 g/mol. The Labute approximate surface area is 114 Å². The second-order valence-corrected chi connectivity index (χ2v) is 4.91. The molecule has 1 saturated heterocycles. The first-order valence-corrected chi connectivity index (χ1v) is 6.77. The third kappa shape index (κ3) is 3.25. The van der Waals surface area contributed by atoms with Crippen LogP contribution in [0.25, 0.3) is 0 Å². The second-order valence-electron chi connectivity index (χ2n) is 4.91. The lowest BCUT2D eigenvalue weighted by atomic mass is 10.1. The number of nitriles is 1. The number of hydrogen-bond donors (Lipinski definition) is 1. The molecule has 1 heterocycles. The minimum Gasteiger partial charge on any atom is -0.373 e. The lowest BCUT2D eigenvalue weighted by molar-refractivity contribution is -0.132. The van der Waals surface area contributed by atoms with Crippen LogP contribution in [0.3, 0.4) is 0 Å². The highest BCUT2D eigenvalue weighted by atomic mass is 16.2. The van der Waals surface area contributed by atoms with Gasteiger partial charge in [0.1, 0.15) is 12.1 Å². The molecule has 0 bridgehead atoms. The van der Waals surface area contributed by atoms with Crippen LogP contribution in [0.4, 0.5) is 5.69 Å². The van der Waals surface area contributed by atoms with Gasteiger partial charge >= 0.3 is 0 Å². The van der Waals surface area contributed by atoms with Gasteiger partial charge in [-0.25, -0.2) is 0 Å². The molecule has 4 heteroatoms. The van der Waals surface area contributed by atoms with Crippen LogP contribution >= 0.6 is 0 Å². The number of rotatable bonds is 3. The normalized spacial score (nSPS) is 16.5. The molecule has 0 aliphatic carbocycles. The number of anilines is 1. The van der Waals surface area contributed by atoms with E-state index in [1.54, 1.807) is 6.07 Å². The fourth-order valence-electron chi connectivity index (χ4n) is 2.39. The Bertz CT molecular complexity index is 486. The first-order chi connectivity index (χ1) is 9.22. The monoisotopic (exact) mass is 257 g/mol. The molecule has 19 heavy (non-hydrogen) atoms. The van der Waals surface area contributed by atoms with Gasteiger partial charge in [0.15, 0.2) is 0 Å².